The van der Waals surface area contributed by atoms with Gasteiger partial charge in [0.25, 0.3) is 5.91 Å². The molecule has 2 aliphatic heterocycles. The van der Waals surface area contributed by atoms with Gasteiger partial charge in [-0.1, -0.05) is 23.7 Å². The van der Waals surface area contributed by atoms with Crippen molar-refractivity contribution in [2.45, 2.75) is 44.9 Å². The van der Waals surface area contributed by atoms with E-state index in [9.17, 15) is 18.4 Å². The Hall–Kier alpha value is -2.79. The molecule has 1 N–H and O–H groups in total. The summed E-state index contributed by atoms with van der Waals surface area (Å²) in [7, 11) is 0. The second-order valence-electron chi connectivity index (χ2n) is 10.6. The highest BCUT2D eigenvalue weighted by atomic mass is 35.5. The number of halogens is 3. The maximum atomic E-state index is 13.2. The molecule has 2 saturated heterocycles. The number of ether oxygens (including phenoxy) is 2. The van der Waals surface area contributed by atoms with E-state index in [0.29, 0.717) is 76.0 Å². The first-order valence-electron chi connectivity index (χ1n) is 14.2. The van der Waals surface area contributed by atoms with Gasteiger partial charge in [0.2, 0.25) is 0 Å². The minimum atomic E-state index is -0.491. The fraction of sp³-hybridized carbons (Fsp3) is 0.533. The molecule has 1 amide bonds. The van der Waals surface area contributed by atoms with E-state index < -0.39 is 12.7 Å². The summed E-state index contributed by atoms with van der Waals surface area (Å²) in [6.45, 7) is 6.56. The number of carbonyl (C=O) groups is 2. The van der Waals surface area contributed by atoms with Crippen LogP contribution in [0.1, 0.15) is 30.9 Å². The van der Waals surface area contributed by atoms with Crippen molar-refractivity contribution in [1.82, 2.24) is 20.0 Å². The van der Waals surface area contributed by atoms with Gasteiger partial charge in [-0.3, -0.25) is 23.8 Å². The van der Waals surface area contributed by atoms with Gasteiger partial charge >= 0.3 is 5.97 Å². The molecule has 2 heterocycles. The fourth-order valence-electron chi connectivity index (χ4n) is 5.28. The average molecular weight is 593 g/mol. The van der Waals surface area contributed by atoms with Crippen LogP contribution in [0.15, 0.2) is 42.5 Å². The number of hydrogen-bond donors (Lipinski definition) is 1. The third kappa shape index (κ3) is 9.10. The highest BCUT2D eigenvalue weighted by molar-refractivity contribution is 6.30. The Morgan fingerprint density at radius 2 is 1.88 bits per heavy atom. The molecule has 2 atom stereocenters. The maximum Gasteiger partial charge on any atom is 0.324 e. The van der Waals surface area contributed by atoms with Crippen molar-refractivity contribution >= 4 is 23.5 Å². The number of nitrogens with one attached hydrogen (secondary N) is 1. The number of piperazine rings is 2. The number of nitrogens with zero attached hydrogens (tertiary/aromatic N) is 3. The summed E-state index contributed by atoms with van der Waals surface area (Å²) in [6.07, 6.45) is 0.858. The Bertz CT molecular complexity index is 1160. The van der Waals surface area contributed by atoms with Crippen LogP contribution in [0.3, 0.4) is 0 Å². The lowest BCUT2D eigenvalue weighted by atomic mass is 10.1. The molecule has 0 bridgehead atoms. The van der Waals surface area contributed by atoms with Gasteiger partial charge in [-0.15, -0.1) is 0 Å². The van der Waals surface area contributed by atoms with Crippen molar-refractivity contribution in [2.24, 2.45) is 0 Å². The number of rotatable bonds is 12. The van der Waals surface area contributed by atoms with Crippen molar-refractivity contribution < 1.29 is 27.8 Å². The molecule has 1 unspecified atom stereocenters. The molecule has 0 saturated carbocycles. The first-order chi connectivity index (χ1) is 19.8. The van der Waals surface area contributed by atoms with E-state index in [0.717, 1.165) is 11.1 Å². The van der Waals surface area contributed by atoms with Crippen LogP contribution in [0, 0.1) is 5.82 Å². The Morgan fingerprint density at radius 1 is 1.07 bits per heavy atom. The van der Waals surface area contributed by atoms with Gasteiger partial charge < -0.3 is 19.7 Å². The molecule has 8 nitrogen and oxygen atoms in total. The van der Waals surface area contributed by atoms with Crippen LogP contribution in [0.25, 0.3) is 0 Å². The largest absolute Gasteiger partial charge is 0.483 e. The predicted octanol–water partition coefficient (Wildman–Crippen LogP) is 3.66. The second-order valence-corrected chi connectivity index (χ2v) is 11.0. The molecular formula is C30H39ClF2N4O4. The number of alkyl halides is 1. The van der Waals surface area contributed by atoms with Gasteiger partial charge in [-0.2, -0.15) is 0 Å². The van der Waals surface area contributed by atoms with Crippen LogP contribution < -0.4 is 10.1 Å². The summed E-state index contributed by atoms with van der Waals surface area (Å²) in [6, 6.07) is 11.3. The van der Waals surface area contributed by atoms with E-state index in [1.807, 2.05) is 16.7 Å². The average Bonchev–Trinajstić information content (AvgIpc) is 2.96. The summed E-state index contributed by atoms with van der Waals surface area (Å²) in [5.74, 6) is -0.155. The topological polar surface area (TPSA) is 74.4 Å². The van der Waals surface area contributed by atoms with Gasteiger partial charge in [0, 0.05) is 69.0 Å². The van der Waals surface area contributed by atoms with E-state index in [4.69, 9.17) is 21.1 Å². The van der Waals surface area contributed by atoms with E-state index in [1.54, 1.807) is 30.3 Å². The minimum absolute atomic E-state index is 0.00233. The quantitative estimate of drug-likeness (QED) is 0.298. The second kappa shape index (κ2) is 15.4. The molecule has 0 spiro atoms. The summed E-state index contributed by atoms with van der Waals surface area (Å²) in [4.78, 5) is 32.0. The van der Waals surface area contributed by atoms with Gasteiger partial charge in [0.05, 0.1) is 13.3 Å². The van der Waals surface area contributed by atoms with E-state index in [-0.39, 0.29) is 36.9 Å². The first-order valence-corrected chi connectivity index (χ1v) is 14.6. The third-order valence-electron chi connectivity index (χ3n) is 7.50. The molecule has 11 heteroatoms. The molecule has 2 aromatic carbocycles. The van der Waals surface area contributed by atoms with Crippen LogP contribution in [-0.2, 0) is 27.4 Å². The lowest BCUT2D eigenvalue weighted by Gasteiger charge is -2.40. The number of amides is 1. The molecule has 224 valence electrons. The molecule has 4 rings (SSSR count). The Balaban J connectivity index is 1.32. The van der Waals surface area contributed by atoms with Crippen LogP contribution in [-0.4, -0.2) is 97.8 Å². The van der Waals surface area contributed by atoms with Crippen LogP contribution >= 0.6 is 11.6 Å². The summed E-state index contributed by atoms with van der Waals surface area (Å²) in [5.41, 5.74) is 1.81. The van der Waals surface area contributed by atoms with Crippen LogP contribution in [0.2, 0.25) is 5.02 Å². The standard InChI is InChI=1S/C30H39ClF2N4O4/c1-22-18-35(19-23-4-7-26(33)8-5-23)13-14-37(22)29(38)21-41-28-9-6-25(31)16-24(28)20-36-12-11-34-17-27(36)30(39)40-15-3-2-10-32/h4-9,16,22,27,34H,2-3,10-15,17-21H2,1H3/t22-,27?/m1/s1. The summed E-state index contributed by atoms with van der Waals surface area (Å²) >= 11 is 6.31. The number of carbonyl (C=O) groups excluding carboxylic acids is 2. The molecule has 0 radical (unpaired) electrons. The van der Waals surface area contributed by atoms with Crippen molar-refractivity contribution in [3.05, 3.63) is 64.4 Å². The summed E-state index contributed by atoms with van der Waals surface area (Å²) < 4.78 is 37.0. The lowest BCUT2D eigenvalue weighted by Crippen LogP contribution is -2.55. The number of esters is 1. The van der Waals surface area contributed by atoms with Gasteiger partial charge in [0.15, 0.2) is 6.61 Å². The zero-order valence-electron chi connectivity index (χ0n) is 23.5. The Morgan fingerprint density at radius 3 is 2.63 bits per heavy atom. The Kier molecular flexibility index (Phi) is 11.7. The van der Waals surface area contributed by atoms with Crippen molar-refractivity contribution in [2.75, 3.05) is 59.2 Å². The number of hydrogen-bond acceptors (Lipinski definition) is 7. The normalized spacial score (nSPS) is 20.1. The molecule has 2 aromatic rings. The van der Waals surface area contributed by atoms with E-state index >= 15 is 0 Å². The smallest absolute Gasteiger partial charge is 0.324 e. The SMILES string of the molecule is C[C@@H]1CN(Cc2ccc(F)cc2)CCN1C(=O)COc1ccc(Cl)cc1CN1CCNCC1C(=O)OCCCCF. The Labute approximate surface area is 245 Å². The number of benzene rings is 2. The highest BCUT2D eigenvalue weighted by Crippen LogP contribution is 2.26. The third-order valence-corrected chi connectivity index (χ3v) is 7.73. The lowest BCUT2D eigenvalue weighted by molar-refractivity contribution is -0.151. The molecule has 2 fully saturated rings. The first kappa shape index (κ1) is 31.2. The molecular weight excluding hydrogens is 554 g/mol. The molecule has 0 aliphatic carbocycles. The van der Waals surface area contributed by atoms with Gasteiger partial charge in [0.1, 0.15) is 17.6 Å². The minimum Gasteiger partial charge on any atom is -0.483 e. The van der Waals surface area contributed by atoms with Crippen molar-refractivity contribution in [1.29, 1.82) is 0 Å². The van der Waals surface area contributed by atoms with Crippen molar-refractivity contribution in [3.8, 4) is 5.75 Å². The maximum absolute atomic E-state index is 13.2. The molecule has 41 heavy (non-hydrogen) atoms. The van der Waals surface area contributed by atoms with E-state index in [2.05, 4.69) is 10.2 Å². The van der Waals surface area contributed by atoms with Crippen LogP contribution in [0.4, 0.5) is 8.78 Å². The summed E-state index contributed by atoms with van der Waals surface area (Å²) in [5, 5.41) is 3.76. The van der Waals surface area contributed by atoms with E-state index in [1.165, 1.54) is 12.1 Å². The predicted molar refractivity (Wildman–Crippen MR) is 153 cm³/mol. The van der Waals surface area contributed by atoms with Gasteiger partial charge in [-0.25, -0.2) is 4.39 Å². The van der Waals surface area contributed by atoms with Gasteiger partial charge in [-0.05, 0) is 55.7 Å². The van der Waals surface area contributed by atoms with Crippen LogP contribution in [0.5, 0.6) is 5.75 Å². The molecule has 0 aromatic heterocycles. The fourth-order valence-corrected chi connectivity index (χ4v) is 5.48. The monoisotopic (exact) mass is 592 g/mol. The zero-order valence-corrected chi connectivity index (χ0v) is 24.3. The van der Waals surface area contributed by atoms with Crippen molar-refractivity contribution in [3.63, 3.8) is 0 Å². The highest BCUT2D eigenvalue weighted by Gasteiger charge is 2.31. The number of unbranched alkanes of at least 4 members (excludes halogenated alkanes) is 1. The molecule has 2 aliphatic rings. The zero-order chi connectivity index (χ0) is 29.2.